The van der Waals surface area contributed by atoms with Gasteiger partial charge >= 0.3 is 0 Å². The molecule has 6 heteroatoms. The number of benzene rings is 2. The van der Waals surface area contributed by atoms with Gasteiger partial charge < -0.3 is 10.4 Å². The van der Waals surface area contributed by atoms with E-state index < -0.39 is 0 Å². The summed E-state index contributed by atoms with van der Waals surface area (Å²) in [7, 11) is 0. The SMILES string of the molecule is Cc1cc(C(=O)Nc2cc(Cl)c(O)c(Cl)c2)ccc1Br. The van der Waals surface area contributed by atoms with Crippen molar-refractivity contribution >= 4 is 50.7 Å². The topological polar surface area (TPSA) is 49.3 Å². The van der Waals surface area contributed by atoms with Gasteiger partial charge in [0.25, 0.3) is 5.91 Å². The van der Waals surface area contributed by atoms with Gasteiger partial charge in [0, 0.05) is 15.7 Å². The summed E-state index contributed by atoms with van der Waals surface area (Å²) in [4.78, 5) is 12.1. The molecule has 104 valence electrons. The lowest BCUT2D eigenvalue weighted by molar-refractivity contribution is 0.102. The zero-order chi connectivity index (χ0) is 14.9. The number of rotatable bonds is 2. The van der Waals surface area contributed by atoms with E-state index in [1.54, 1.807) is 18.2 Å². The van der Waals surface area contributed by atoms with Crippen LogP contribution in [0.1, 0.15) is 15.9 Å². The Morgan fingerprint density at radius 1 is 1.20 bits per heavy atom. The Balaban J connectivity index is 2.25. The quantitative estimate of drug-likeness (QED) is 0.725. The molecule has 2 rings (SSSR count). The normalized spacial score (nSPS) is 10.4. The van der Waals surface area contributed by atoms with E-state index in [1.807, 2.05) is 6.92 Å². The van der Waals surface area contributed by atoms with Gasteiger partial charge in [-0.3, -0.25) is 4.79 Å². The maximum atomic E-state index is 12.1. The van der Waals surface area contributed by atoms with Crippen molar-refractivity contribution in [2.45, 2.75) is 6.92 Å². The van der Waals surface area contributed by atoms with Gasteiger partial charge in [-0.25, -0.2) is 0 Å². The first-order valence-electron chi connectivity index (χ1n) is 5.64. The number of aryl methyl sites for hydroxylation is 1. The second-order valence-corrected chi connectivity index (χ2v) is 5.88. The smallest absolute Gasteiger partial charge is 0.255 e. The van der Waals surface area contributed by atoms with E-state index >= 15 is 0 Å². The number of halogens is 3. The number of nitrogens with one attached hydrogen (secondary N) is 1. The molecule has 0 spiro atoms. The number of hydrogen-bond donors (Lipinski definition) is 2. The predicted molar refractivity (Wildman–Crippen MR) is 85.0 cm³/mol. The fourth-order valence-corrected chi connectivity index (χ4v) is 2.36. The van der Waals surface area contributed by atoms with E-state index in [2.05, 4.69) is 21.2 Å². The summed E-state index contributed by atoms with van der Waals surface area (Å²) in [5.41, 5.74) is 1.90. The Morgan fingerprint density at radius 2 is 1.80 bits per heavy atom. The van der Waals surface area contributed by atoms with Gasteiger partial charge in [0.05, 0.1) is 10.0 Å². The summed E-state index contributed by atoms with van der Waals surface area (Å²) < 4.78 is 0.935. The van der Waals surface area contributed by atoms with Crippen LogP contribution in [0.2, 0.25) is 10.0 Å². The van der Waals surface area contributed by atoms with Crippen LogP contribution in [0, 0.1) is 6.92 Å². The molecule has 2 aromatic rings. The van der Waals surface area contributed by atoms with Crippen molar-refractivity contribution in [3.05, 3.63) is 56.0 Å². The van der Waals surface area contributed by atoms with Gasteiger partial charge in [-0.15, -0.1) is 0 Å². The third kappa shape index (κ3) is 3.26. The van der Waals surface area contributed by atoms with E-state index in [0.717, 1.165) is 10.0 Å². The Hall–Kier alpha value is -1.23. The number of amides is 1. The minimum absolute atomic E-state index is 0.0831. The maximum Gasteiger partial charge on any atom is 0.255 e. The van der Waals surface area contributed by atoms with Crippen molar-refractivity contribution in [1.82, 2.24) is 0 Å². The summed E-state index contributed by atoms with van der Waals surface area (Å²) in [6.07, 6.45) is 0. The molecule has 0 aliphatic carbocycles. The monoisotopic (exact) mass is 373 g/mol. The Kier molecular flexibility index (Phi) is 4.58. The molecule has 0 bridgehead atoms. The molecule has 0 aromatic heterocycles. The van der Waals surface area contributed by atoms with Gasteiger partial charge in [0.15, 0.2) is 5.75 Å². The minimum Gasteiger partial charge on any atom is -0.505 e. The Morgan fingerprint density at radius 3 is 2.35 bits per heavy atom. The van der Waals surface area contributed by atoms with Gasteiger partial charge in [-0.05, 0) is 42.8 Å². The Labute approximate surface area is 134 Å². The number of carbonyl (C=O) groups is 1. The van der Waals surface area contributed by atoms with Crippen molar-refractivity contribution in [2.24, 2.45) is 0 Å². The number of phenolic OH excluding ortho intramolecular Hbond substituents is 1. The van der Waals surface area contributed by atoms with Crippen LogP contribution in [0.4, 0.5) is 5.69 Å². The van der Waals surface area contributed by atoms with E-state index in [-0.39, 0.29) is 21.7 Å². The molecule has 0 saturated heterocycles. The van der Waals surface area contributed by atoms with Crippen LogP contribution in [-0.4, -0.2) is 11.0 Å². The number of carbonyl (C=O) groups excluding carboxylic acids is 1. The number of hydrogen-bond acceptors (Lipinski definition) is 2. The van der Waals surface area contributed by atoms with Crippen molar-refractivity contribution in [2.75, 3.05) is 5.32 Å². The zero-order valence-corrected chi connectivity index (χ0v) is 13.5. The molecule has 0 aliphatic heterocycles. The average Bonchev–Trinajstić information content (AvgIpc) is 2.39. The van der Waals surface area contributed by atoms with Crippen LogP contribution in [-0.2, 0) is 0 Å². The third-order valence-corrected chi connectivity index (χ3v) is 4.16. The zero-order valence-electron chi connectivity index (χ0n) is 10.4. The summed E-state index contributed by atoms with van der Waals surface area (Å²) in [5.74, 6) is -0.482. The molecule has 3 nitrogen and oxygen atoms in total. The molecule has 0 unspecified atom stereocenters. The molecule has 0 atom stereocenters. The number of phenols is 1. The summed E-state index contributed by atoms with van der Waals surface area (Å²) >= 11 is 15.0. The van der Waals surface area contributed by atoms with Gasteiger partial charge in [0.1, 0.15) is 0 Å². The van der Waals surface area contributed by atoms with Crippen LogP contribution in [0.3, 0.4) is 0 Å². The average molecular weight is 375 g/mol. The molecule has 0 radical (unpaired) electrons. The van der Waals surface area contributed by atoms with Crippen LogP contribution >= 0.6 is 39.1 Å². The van der Waals surface area contributed by atoms with Crippen molar-refractivity contribution < 1.29 is 9.90 Å². The molecule has 0 heterocycles. The molecule has 0 saturated carbocycles. The van der Waals surface area contributed by atoms with E-state index in [9.17, 15) is 9.90 Å². The molecule has 0 aliphatic rings. The lowest BCUT2D eigenvalue weighted by atomic mass is 10.1. The molecule has 2 aromatic carbocycles. The fourth-order valence-electron chi connectivity index (χ4n) is 1.63. The largest absolute Gasteiger partial charge is 0.505 e. The molecule has 2 N–H and O–H groups in total. The van der Waals surface area contributed by atoms with Crippen LogP contribution in [0.15, 0.2) is 34.8 Å². The second kappa shape index (κ2) is 6.04. The maximum absolute atomic E-state index is 12.1. The lowest BCUT2D eigenvalue weighted by Crippen LogP contribution is -2.12. The summed E-state index contributed by atoms with van der Waals surface area (Å²) in [6, 6.07) is 8.15. The van der Waals surface area contributed by atoms with E-state index in [1.165, 1.54) is 12.1 Å². The van der Waals surface area contributed by atoms with Crippen LogP contribution < -0.4 is 5.32 Å². The van der Waals surface area contributed by atoms with E-state index in [0.29, 0.717) is 11.3 Å². The fraction of sp³-hybridized carbons (Fsp3) is 0.0714. The molecule has 20 heavy (non-hydrogen) atoms. The van der Waals surface area contributed by atoms with Crippen LogP contribution in [0.25, 0.3) is 0 Å². The van der Waals surface area contributed by atoms with Gasteiger partial charge in [0.2, 0.25) is 0 Å². The van der Waals surface area contributed by atoms with Crippen LogP contribution in [0.5, 0.6) is 5.75 Å². The van der Waals surface area contributed by atoms with Gasteiger partial charge in [-0.1, -0.05) is 39.1 Å². The highest BCUT2D eigenvalue weighted by Crippen LogP contribution is 2.34. The molecule has 0 fully saturated rings. The Bertz CT molecular complexity index is 666. The first-order valence-corrected chi connectivity index (χ1v) is 7.19. The van der Waals surface area contributed by atoms with E-state index in [4.69, 9.17) is 23.2 Å². The minimum atomic E-state index is -0.279. The lowest BCUT2D eigenvalue weighted by Gasteiger charge is -2.09. The second-order valence-electron chi connectivity index (χ2n) is 4.21. The molecular weight excluding hydrogens is 365 g/mol. The highest BCUT2D eigenvalue weighted by atomic mass is 79.9. The first kappa shape index (κ1) is 15.2. The summed E-state index contributed by atoms with van der Waals surface area (Å²) in [6.45, 7) is 1.90. The highest BCUT2D eigenvalue weighted by Gasteiger charge is 2.11. The first-order chi connectivity index (χ1) is 9.38. The van der Waals surface area contributed by atoms with Crippen molar-refractivity contribution in [3.63, 3.8) is 0 Å². The predicted octanol–water partition coefficient (Wildman–Crippen LogP) is 5.02. The van der Waals surface area contributed by atoms with Crippen molar-refractivity contribution in [1.29, 1.82) is 0 Å². The van der Waals surface area contributed by atoms with Crippen molar-refractivity contribution in [3.8, 4) is 5.75 Å². The summed E-state index contributed by atoms with van der Waals surface area (Å²) in [5, 5.41) is 12.3. The third-order valence-electron chi connectivity index (χ3n) is 2.69. The number of aromatic hydroxyl groups is 1. The highest BCUT2D eigenvalue weighted by molar-refractivity contribution is 9.10. The molecular formula is C14H10BrCl2NO2. The van der Waals surface area contributed by atoms with Gasteiger partial charge in [-0.2, -0.15) is 0 Å². The standard InChI is InChI=1S/C14H10BrCl2NO2/c1-7-4-8(2-3-10(7)15)14(20)18-9-5-11(16)13(19)12(17)6-9/h2-6,19H,1H3,(H,18,20). The number of anilines is 1. The molecule has 1 amide bonds.